The molecule has 4 heterocycles. The van der Waals surface area contributed by atoms with Gasteiger partial charge in [-0.05, 0) is 66.8 Å². The van der Waals surface area contributed by atoms with Crippen LogP contribution < -0.4 is 19.5 Å². The van der Waals surface area contributed by atoms with Crippen molar-refractivity contribution in [3.63, 3.8) is 0 Å². The van der Waals surface area contributed by atoms with Crippen LogP contribution in [0.4, 0.5) is 0 Å². The minimum absolute atomic E-state index is 0.0406. The summed E-state index contributed by atoms with van der Waals surface area (Å²) in [5.74, 6) is 1.62. The molecule has 0 unspecified atom stereocenters. The van der Waals surface area contributed by atoms with Gasteiger partial charge < -0.3 is 33.7 Å². The number of carbonyl (C=O) groups excluding carboxylic acids is 3. The van der Waals surface area contributed by atoms with Crippen LogP contribution in [0, 0.1) is 6.92 Å². The van der Waals surface area contributed by atoms with E-state index in [4.69, 9.17) is 18.6 Å². The number of aryl methyl sites for hydroxylation is 1. The van der Waals surface area contributed by atoms with Gasteiger partial charge in [-0.15, -0.1) is 0 Å². The molecule has 0 spiro atoms. The fourth-order valence-corrected chi connectivity index (χ4v) is 5.93. The highest BCUT2D eigenvalue weighted by atomic mass is 16.5. The molecule has 0 radical (unpaired) electrons. The molecule has 4 aromatic rings. The number of hydrogen-bond donors (Lipinski definition) is 1. The second kappa shape index (κ2) is 15.0. The fraction of sp³-hybridized carbons (Fsp3) is 0.361. The van der Waals surface area contributed by atoms with E-state index in [1.54, 1.807) is 54.4 Å². The summed E-state index contributed by atoms with van der Waals surface area (Å²) in [7, 11) is 1.59. The first-order valence-corrected chi connectivity index (χ1v) is 16.2. The lowest BCUT2D eigenvalue weighted by Gasteiger charge is -2.22. The Balaban J connectivity index is 1.33. The van der Waals surface area contributed by atoms with Crippen LogP contribution >= 0.6 is 0 Å². The molecule has 2 aliphatic rings. The molecule has 48 heavy (non-hydrogen) atoms. The topological polar surface area (TPSA) is 136 Å². The summed E-state index contributed by atoms with van der Waals surface area (Å²) in [6.45, 7) is 4.39. The molecule has 0 atom stereocenters. The molecule has 0 fully saturated rings. The summed E-state index contributed by atoms with van der Waals surface area (Å²) in [6, 6.07) is 12.9. The van der Waals surface area contributed by atoms with Crippen molar-refractivity contribution in [2.45, 2.75) is 39.2 Å². The maximum absolute atomic E-state index is 13.4. The molecule has 2 aromatic carbocycles. The molecular weight excluding hydrogens is 614 g/mol. The SMILES string of the molecule is COc1ccc2cc1-c1cc3c(c(c1)OCCCN(C(=O)c1coc(C)n1)CCCCNC2=O)OCCN(C(=O)Cc1cccnc1)C3. The van der Waals surface area contributed by atoms with Crippen molar-refractivity contribution >= 4 is 17.7 Å². The Morgan fingerprint density at radius 1 is 0.979 bits per heavy atom. The third kappa shape index (κ3) is 7.59. The molecule has 6 rings (SSSR count). The van der Waals surface area contributed by atoms with Crippen molar-refractivity contribution in [1.82, 2.24) is 25.1 Å². The largest absolute Gasteiger partial charge is 0.496 e. The Kier molecular flexibility index (Phi) is 10.2. The van der Waals surface area contributed by atoms with Gasteiger partial charge in [-0.25, -0.2) is 4.98 Å². The zero-order chi connectivity index (χ0) is 33.5. The van der Waals surface area contributed by atoms with Gasteiger partial charge >= 0.3 is 0 Å². The number of nitrogens with one attached hydrogen (secondary N) is 1. The second-order valence-corrected chi connectivity index (χ2v) is 11.8. The zero-order valence-corrected chi connectivity index (χ0v) is 27.2. The standard InChI is InChI=1S/C36H39N5O7/c1-24-39-30(23-48-24)36(44)40-12-4-3-11-38-35(43)26-8-9-31(45-2)29(19-26)27-18-28-22-41(33(42)17-25-7-5-10-37-21-25)14-16-47-34(28)32(20-27)46-15-6-13-40/h5,7-10,18-21,23H,3-4,6,11-17,22H2,1-2H3,(H,38,43). The molecule has 2 aromatic heterocycles. The van der Waals surface area contributed by atoms with Crippen LogP contribution in [-0.4, -0.2) is 84.0 Å². The fourth-order valence-electron chi connectivity index (χ4n) is 5.93. The van der Waals surface area contributed by atoms with Crippen LogP contribution in [0.1, 0.15) is 57.1 Å². The number of rotatable bonds is 4. The molecular formula is C36H39N5O7. The number of aromatic nitrogens is 2. The number of oxazole rings is 1. The molecule has 12 heteroatoms. The Labute approximate surface area is 279 Å². The smallest absolute Gasteiger partial charge is 0.275 e. The third-order valence-electron chi connectivity index (χ3n) is 8.40. The van der Waals surface area contributed by atoms with E-state index in [2.05, 4.69) is 15.3 Å². The van der Waals surface area contributed by atoms with Gasteiger partial charge in [-0.2, -0.15) is 0 Å². The van der Waals surface area contributed by atoms with Gasteiger partial charge in [0.2, 0.25) is 5.91 Å². The van der Waals surface area contributed by atoms with Crippen molar-refractivity contribution in [2.75, 3.05) is 46.5 Å². The molecule has 0 saturated carbocycles. The molecule has 0 aliphatic carbocycles. The number of fused-ring (bicyclic) bond motifs is 7. The van der Waals surface area contributed by atoms with Gasteiger partial charge in [-0.3, -0.25) is 19.4 Å². The lowest BCUT2D eigenvalue weighted by atomic mass is 9.98. The van der Waals surface area contributed by atoms with E-state index in [1.165, 1.54) is 6.26 Å². The van der Waals surface area contributed by atoms with Crippen LogP contribution in [-0.2, 0) is 17.8 Å². The van der Waals surface area contributed by atoms with Gasteiger partial charge in [0.15, 0.2) is 23.1 Å². The van der Waals surface area contributed by atoms with Gasteiger partial charge in [0, 0.05) is 62.2 Å². The lowest BCUT2D eigenvalue weighted by Crippen LogP contribution is -2.34. The predicted octanol–water partition coefficient (Wildman–Crippen LogP) is 4.45. The number of nitrogens with zero attached hydrogens (tertiary/aromatic N) is 4. The van der Waals surface area contributed by atoms with Crippen LogP contribution in [0.3, 0.4) is 0 Å². The van der Waals surface area contributed by atoms with Crippen LogP contribution in [0.5, 0.6) is 17.2 Å². The monoisotopic (exact) mass is 653 g/mol. The number of amides is 3. The summed E-state index contributed by atoms with van der Waals surface area (Å²) < 4.78 is 23.7. The van der Waals surface area contributed by atoms with E-state index in [0.29, 0.717) is 99.5 Å². The van der Waals surface area contributed by atoms with E-state index in [9.17, 15) is 14.4 Å². The van der Waals surface area contributed by atoms with Gasteiger partial charge in [-0.1, -0.05) is 6.07 Å². The highest BCUT2D eigenvalue weighted by molar-refractivity contribution is 5.96. The van der Waals surface area contributed by atoms with Crippen molar-refractivity contribution in [2.24, 2.45) is 0 Å². The minimum atomic E-state index is -0.216. The number of benzene rings is 2. The van der Waals surface area contributed by atoms with E-state index in [-0.39, 0.29) is 29.8 Å². The normalized spacial score (nSPS) is 15.6. The van der Waals surface area contributed by atoms with Gasteiger partial charge in [0.05, 0.1) is 26.7 Å². The van der Waals surface area contributed by atoms with Gasteiger partial charge in [0.25, 0.3) is 11.8 Å². The van der Waals surface area contributed by atoms with Crippen LogP contribution in [0.15, 0.2) is 65.5 Å². The Morgan fingerprint density at radius 3 is 2.65 bits per heavy atom. The van der Waals surface area contributed by atoms with E-state index < -0.39 is 0 Å². The van der Waals surface area contributed by atoms with Crippen molar-refractivity contribution in [1.29, 1.82) is 0 Å². The molecule has 1 N–H and O–H groups in total. The summed E-state index contributed by atoms with van der Waals surface area (Å²) >= 11 is 0. The summed E-state index contributed by atoms with van der Waals surface area (Å²) in [6.07, 6.45) is 6.90. The Morgan fingerprint density at radius 2 is 1.85 bits per heavy atom. The first kappa shape index (κ1) is 32.5. The quantitative estimate of drug-likeness (QED) is 0.339. The molecule has 3 amide bonds. The second-order valence-electron chi connectivity index (χ2n) is 11.8. The number of ether oxygens (including phenoxy) is 3. The van der Waals surface area contributed by atoms with Crippen LogP contribution in [0.2, 0.25) is 0 Å². The molecule has 250 valence electrons. The molecule has 4 bridgehead atoms. The molecule has 12 nitrogen and oxygen atoms in total. The maximum Gasteiger partial charge on any atom is 0.275 e. The average Bonchev–Trinajstić information content (AvgIpc) is 3.42. The predicted molar refractivity (Wildman–Crippen MR) is 176 cm³/mol. The van der Waals surface area contributed by atoms with E-state index >= 15 is 0 Å². The van der Waals surface area contributed by atoms with Crippen molar-refractivity contribution < 1.29 is 33.0 Å². The van der Waals surface area contributed by atoms with Crippen LogP contribution in [0.25, 0.3) is 11.1 Å². The first-order valence-electron chi connectivity index (χ1n) is 16.2. The molecule has 0 saturated heterocycles. The Bertz CT molecular complexity index is 1770. The number of carbonyl (C=O) groups is 3. The maximum atomic E-state index is 13.4. The highest BCUT2D eigenvalue weighted by Gasteiger charge is 2.26. The summed E-state index contributed by atoms with van der Waals surface area (Å²) in [4.78, 5) is 51.8. The zero-order valence-electron chi connectivity index (χ0n) is 27.2. The lowest BCUT2D eigenvalue weighted by molar-refractivity contribution is -0.131. The minimum Gasteiger partial charge on any atom is -0.496 e. The summed E-state index contributed by atoms with van der Waals surface area (Å²) in [5.41, 5.74) is 3.81. The first-order chi connectivity index (χ1) is 23.4. The van der Waals surface area contributed by atoms with Crippen molar-refractivity contribution in [3.05, 3.63) is 89.4 Å². The average molecular weight is 654 g/mol. The third-order valence-corrected chi connectivity index (χ3v) is 8.40. The number of methoxy groups -OCH3 is 1. The molecule has 2 aliphatic heterocycles. The number of pyridine rings is 1. The Hall–Kier alpha value is -5.39. The van der Waals surface area contributed by atoms with Crippen molar-refractivity contribution in [3.8, 4) is 28.4 Å². The highest BCUT2D eigenvalue weighted by Crippen LogP contribution is 2.41. The summed E-state index contributed by atoms with van der Waals surface area (Å²) in [5, 5.41) is 3.00. The van der Waals surface area contributed by atoms with E-state index in [1.807, 2.05) is 24.3 Å². The van der Waals surface area contributed by atoms with Gasteiger partial charge in [0.1, 0.15) is 18.6 Å². The number of hydrogen-bond acceptors (Lipinski definition) is 9. The van der Waals surface area contributed by atoms with E-state index in [0.717, 1.165) is 16.7 Å².